The molecule has 3 heteroatoms. The van der Waals surface area contributed by atoms with Gasteiger partial charge in [-0.15, -0.1) is 0 Å². The van der Waals surface area contributed by atoms with Crippen LogP contribution in [0.5, 0.6) is 5.75 Å². The fourth-order valence-electron chi connectivity index (χ4n) is 1.93. The van der Waals surface area contributed by atoms with E-state index in [1.54, 1.807) is 7.11 Å². The minimum Gasteiger partial charge on any atom is -0.491 e. The number of methoxy groups -OCH3 is 1. The van der Waals surface area contributed by atoms with Crippen molar-refractivity contribution >= 4 is 11.8 Å². The van der Waals surface area contributed by atoms with E-state index in [-0.39, 0.29) is 12.2 Å². The minimum atomic E-state index is 0.222. The second kappa shape index (κ2) is 8.49. The van der Waals surface area contributed by atoms with Gasteiger partial charge < -0.3 is 9.47 Å². The standard InChI is InChI=1S/C16H26O2S/c1-6-19-16(11-13(4)17-5)14-7-9-15(10-8-14)18-12(2)3/h7-10,12-13,16H,6,11H2,1-5H3. The first-order chi connectivity index (χ1) is 9.06. The van der Waals surface area contributed by atoms with E-state index in [1.165, 1.54) is 5.56 Å². The summed E-state index contributed by atoms with van der Waals surface area (Å²) in [7, 11) is 1.78. The maximum atomic E-state index is 5.68. The van der Waals surface area contributed by atoms with Crippen LogP contribution < -0.4 is 4.74 Å². The van der Waals surface area contributed by atoms with Crippen molar-refractivity contribution < 1.29 is 9.47 Å². The smallest absolute Gasteiger partial charge is 0.119 e. The van der Waals surface area contributed by atoms with Crippen molar-refractivity contribution in [2.45, 2.75) is 51.6 Å². The number of hydrogen-bond donors (Lipinski definition) is 0. The zero-order valence-electron chi connectivity index (χ0n) is 12.7. The largest absolute Gasteiger partial charge is 0.491 e. The number of hydrogen-bond acceptors (Lipinski definition) is 3. The number of ether oxygens (including phenoxy) is 2. The first kappa shape index (κ1) is 16.4. The number of thioether (sulfide) groups is 1. The zero-order chi connectivity index (χ0) is 14.3. The van der Waals surface area contributed by atoms with E-state index in [4.69, 9.17) is 9.47 Å². The molecule has 0 aliphatic carbocycles. The van der Waals surface area contributed by atoms with E-state index >= 15 is 0 Å². The average Bonchev–Trinajstić information content (AvgIpc) is 2.38. The molecule has 2 nitrogen and oxygen atoms in total. The lowest BCUT2D eigenvalue weighted by Gasteiger charge is -2.20. The Hall–Kier alpha value is -0.670. The Bertz CT molecular complexity index is 348. The average molecular weight is 282 g/mol. The van der Waals surface area contributed by atoms with Gasteiger partial charge in [0.15, 0.2) is 0 Å². The molecule has 0 aliphatic heterocycles. The third kappa shape index (κ3) is 5.87. The highest BCUT2D eigenvalue weighted by Gasteiger charge is 2.15. The monoisotopic (exact) mass is 282 g/mol. The molecule has 0 bridgehead atoms. The van der Waals surface area contributed by atoms with Crippen LogP contribution in [0.15, 0.2) is 24.3 Å². The Labute approximate surface area is 121 Å². The highest BCUT2D eigenvalue weighted by atomic mass is 32.2. The van der Waals surface area contributed by atoms with Crippen LogP contribution >= 0.6 is 11.8 Å². The molecule has 0 heterocycles. The molecular formula is C16H26O2S. The lowest BCUT2D eigenvalue weighted by Crippen LogP contribution is -2.10. The van der Waals surface area contributed by atoms with E-state index in [0.717, 1.165) is 17.9 Å². The summed E-state index contributed by atoms with van der Waals surface area (Å²) in [5, 5.41) is 0.494. The van der Waals surface area contributed by atoms with Gasteiger partial charge >= 0.3 is 0 Å². The molecule has 0 fully saturated rings. The summed E-state index contributed by atoms with van der Waals surface area (Å²) in [6, 6.07) is 8.48. The molecule has 0 N–H and O–H groups in total. The van der Waals surface area contributed by atoms with Crippen molar-refractivity contribution in [1.82, 2.24) is 0 Å². The van der Waals surface area contributed by atoms with Gasteiger partial charge in [-0.2, -0.15) is 11.8 Å². The molecule has 19 heavy (non-hydrogen) atoms. The van der Waals surface area contributed by atoms with Crippen LogP contribution in [0.2, 0.25) is 0 Å². The van der Waals surface area contributed by atoms with Gasteiger partial charge in [0.05, 0.1) is 12.2 Å². The Morgan fingerprint density at radius 1 is 1.11 bits per heavy atom. The Kier molecular flexibility index (Phi) is 7.32. The predicted octanol–water partition coefficient (Wildman–Crippen LogP) is 4.69. The number of benzene rings is 1. The predicted molar refractivity (Wildman–Crippen MR) is 84.2 cm³/mol. The maximum Gasteiger partial charge on any atom is 0.119 e. The van der Waals surface area contributed by atoms with E-state index < -0.39 is 0 Å². The first-order valence-corrected chi connectivity index (χ1v) is 8.02. The summed E-state index contributed by atoms with van der Waals surface area (Å²) in [5.41, 5.74) is 1.35. The molecule has 0 amide bonds. The van der Waals surface area contributed by atoms with Gasteiger partial charge in [0.2, 0.25) is 0 Å². The molecular weight excluding hydrogens is 256 g/mol. The fourth-order valence-corrected chi connectivity index (χ4v) is 3.09. The molecule has 1 aromatic carbocycles. The second-order valence-corrected chi connectivity index (χ2v) is 6.44. The quantitative estimate of drug-likeness (QED) is 0.689. The Morgan fingerprint density at radius 3 is 2.21 bits per heavy atom. The fraction of sp³-hybridized carbons (Fsp3) is 0.625. The molecule has 1 aromatic rings. The summed E-state index contributed by atoms with van der Waals surface area (Å²) >= 11 is 1.97. The lowest BCUT2D eigenvalue weighted by atomic mass is 10.1. The van der Waals surface area contributed by atoms with Crippen molar-refractivity contribution in [2.24, 2.45) is 0 Å². The normalized spacial score (nSPS) is 14.4. The Morgan fingerprint density at radius 2 is 1.74 bits per heavy atom. The van der Waals surface area contributed by atoms with Crippen molar-refractivity contribution in [3.63, 3.8) is 0 Å². The van der Waals surface area contributed by atoms with E-state index in [1.807, 2.05) is 25.6 Å². The van der Waals surface area contributed by atoms with Gasteiger partial charge in [0.25, 0.3) is 0 Å². The van der Waals surface area contributed by atoms with Crippen LogP contribution in [0.4, 0.5) is 0 Å². The summed E-state index contributed by atoms with van der Waals surface area (Å²) in [4.78, 5) is 0. The van der Waals surface area contributed by atoms with E-state index in [0.29, 0.717) is 5.25 Å². The van der Waals surface area contributed by atoms with Gasteiger partial charge in [-0.1, -0.05) is 19.1 Å². The zero-order valence-corrected chi connectivity index (χ0v) is 13.5. The highest BCUT2D eigenvalue weighted by molar-refractivity contribution is 7.99. The lowest BCUT2D eigenvalue weighted by molar-refractivity contribution is 0.110. The van der Waals surface area contributed by atoms with Gasteiger partial charge in [0.1, 0.15) is 5.75 Å². The molecule has 2 unspecified atom stereocenters. The number of rotatable bonds is 8. The summed E-state index contributed by atoms with van der Waals surface area (Å²) in [6.45, 7) is 8.42. The van der Waals surface area contributed by atoms with Gasteiger partial charge in [-0.25, -0.2) is 0 Å². The molecule has 0 aliphatic rings. The van der Waals surface area contributed by atoms with Gasteiger partial charge in [0, 0.05) is 12.4 Å². The molecule has 0 radical (unpaired) electrons. The van der Waals surface area contributed by atoms with Crippen molar-refractivity contribution in [3.05, 3.63) is 29.8 Å². The Balaban J connectivity index is 2.73. The van der Waals surface area contributed by atoms with Crippen LogP contribution in [0, 0.1) is 0 Å². The molecule has 2 atom stereocenters. The maximum absolute atomic E-state index is 5.68. The van der Waals surface area contributed by atoms with Crippen molar-refractivity contribution in [1.29, 1.82) is 0 Å². The second-order valence-electron chi connectivity index (χ2n) is 4.96. The van der Waals surface area contributed by atoms with Gasteiger partial charge in [-0.3, -0.25) is 0 Å². The molecule has 0 spiro atoms. The molecule has 0 saturated heterocycles. The summed E-state index contributed by atoms with van der Waals surface area (Å²) < 4.78 is 11.1. The molecule has 0 aromatic heterocycles. The van der Waals surface area contributed by atoms with Crippen molar-refractivity contribution in [3.8, 4) is 5.75 Å². The molecule has 1 rings (SSSR count). The summed E-state index contributed by atoms with van der Waals surface area (Å²) in [5.74, 6) is 2.06. The molecule has 108 valence electrons. The SMILES string of the molecule is CCSC(CC(C)OC)c1ccc(OC(C)C)cc1. The van der Waals surface area contributed by atoms with Crippen LogP contribution in [0.25, 0.3) is 0 Å². The van der Waals surface area contributed by atoms with Gasteiger partial charge in [-0.05, 0) is 50.6 Å². The van der Waals surface area contributed by atoms with Crippen LogP contribution in [-0.2, 0) is 4.74 Å². The third-order valence-electron chi connectivity index (χ3n) is 2.94. The van der Waals surface area contributed by atoms with Crippen LogP contribution in [-0.4, -0.2) is 25.1 Å². The van der Waals surface area contributed by atoms with E-state index in [2.05, 4.69) is 38.1 Å². The van der Waals surface area contributed by atoms with Crippen molar-refractivity contribution in [2.75, 3.05) is 12.9 Å². The van der Waals surface area contributed by atoms with Crippen LogP contribution in [0.1, 0.15) is 44.9 Å². The first-order valence-electron chi connectivity index (χ1n) is 6.97. The third-order valence-corrected chi connectivity index (χ3v) is 4.14. The highest BCUT2D eigenvalue weighted by Crippen LogP contribution is 2.34. The van der Waals surface area contributed by atoms with E-state index in [9.17, 15) is 0 Å². The summed E-state index contributed by atoms with van der Waals surface area (Å²) in [6.07, 6.45) is 1.55. The minimum absolute atomic E-state index is 0.222. The van der Waals surface area contributed by atoms with Crippen LogP contribution in [0.3, 0.4) is 0 Å². The topological polar surface area (TPSA) is 18.5 Å². The molecule has 0 saturated carbocycles.